The molecule has 0 unspecified atom stereocenters. The van der Waals surface area contributed by atoms with E-state index in [-0.39, 0.29) is 5.91 Å². The quantitative estimate of drug-likeness (QED) is 0.800. The molecular weight excluding hydrogens is 314 g/mol. The molecule has 2 aromatic rings. The lowest BCUT2D eigenvalue weighted by molar-refractivity contribution is 0.0946. The summed E-state index contributed by atoms with van der Waals surface area (Å²) in [5.41, 5.74) is 0.432. The van der Waals surface area contributed by atoms with Crippen LogP contribution in [-0.2, 0) is 6.61 Å². The highest BCUT2D eigenvalue weighted by molar-refractivity contribution is 7.09. The second kappa shape index (κ2) is 8.50. The molecule has 0 aliphatic carbocycles. The molecule has 0 aliphatic heterocycles. The number of rotatable bonds is 8. The summed E-state index contributed by atoms with van der Waals surface area (Å²) in [6.07, 6.45) is 0. The van der Waals surface area contributed by atoms with E-state index in [9.17, 15) is 4.79 Å². The highest BCUT2D eigenvalue weighted by Crippen LogP contribution is 2.19. The van der Waals surface area contributed by atoms with Crippen LogP contribution < -0.4 is 14.8 Å². The molecule has 0 aliphatic rings. The van der Waals surface area contributed by atoms with Crippen LogP contribution in [0.4, 0.5) is 0 Å². The van der Waals surface area contributed by atoms with Gasteiger partial charge in [0.15, 0.2) is 0 Å². The fraction of sp³-hybridized carbons (Fsp3) is 0.375. The topological polar surface area (TPSA) is 63.7 Å². The zero-order chi connectivity index (χ0) is 16.7. The lowest BCUT2D eigenvalue weighted by Crippen LogP contribution is -2.31. The summed E-state index contributed by atoms with van der Waals surface area (Å²) in [4.78, 5) is 18.3. The summed E-state index contributed by atoms with van der Waals surface area (Å²) in [5.74, 6) is 1.36. The summed E-state index contributed by atoms with van der Waals surface area (Å²) in [6, 6.07) is 7.34. The normalized spacial score (nSPS) is 10.6. The minimum Gasteiger partial charge on any atom is -0.497 e. The van der Waals surface area contributed by atoms with Gasteiger partial charge in [0.05, 0.1) is 7.11 Å². The van der Waals surface area contributed by atoms with Gasteiger partial charge in [-0.3, -0.25) is 4.79 Å². The van der Waals surface area contributed by atoms with Crippen molar-refractivity contribution in [3.05, 3.63) is 40.3 Å². The van der Waals surface area contributed by atoms with Gasteiger partial charge < -0.3 is 19.7 Å². The van der Waals surface area contributed by atoms with E-state index in [0.29, 0.717) is 18.8 Å². The number of methoxy groups -OCH3 is 1. The molecule has 0 bridgehead atoms. The molecule has 1 aromatic heterocycles. The Morgan fingerprint density at radius 1 is 1.26 bits per heavy atom. The SMILES string of the molecule is COc1ccc(OCc2nc(C(=O)NCCN(C)C)cs2)cc1. The average Bonchev–Trinajstić information content (AvgIpc) is 3.02. The Balaban J connectivity index is 1.82. The molecule has 0 atom stereocenters. The van der Waals surface area contributed by atoms with Crippen molar-refractivity contribution < 1.29 is 14.3 Å². The molecule has 6 nitrogen and oxygen atoms in total. The van der Waals surface area contributed by atoms with E-state index in [4.69, 9.17) is 9.47 Å². The predicted octanol–water partition coefficient (Wildman–Crippen LogP) is 2.02. The predicted molar refractivity (Wildman–Crippen MR) is 90.3 cm³/mol. The molecule has 124 valence electrons. The van der Waals surface area contributed by atoms with E-state index in [1.165, 1.54) is 11.3 Å². The third kappa shape index (κ3) is 5.54. The van der Waals surface area contributed by atoms with Gasteiger partial charge in [-0.15, -0.1) is 11.3 Å². The Morgan fingerprint density at radius 3 is 2.61 bits per heavy atom. The Kier molecular flexibility index (Phi) is 6.37. The van der Waals surface area contributed by atoms with E-state index < -0.39 is 0 Å². The molecule has 1 N–H and O–H groups in total. The maximum atomic E-state index is 11.9. The second-order valence-corrected chi connectivity index (χ2v) is 6.09. The minimum absolute atomic E-state index is 0.154. The van der Waals surface area contributed by atoms with E-state index in [2.05, 4.69) is 10.3 Å². The van der Waals surface area contributed by atoms with Crippen LogP contribution in [0, 0.1) is 0 Å². The largest absolute Gasteiger partial charge is 0.497 e. The van der Waals surface area contributed by atoms with Gasteiger partial charge in [-0.2, -0.15) is 0 Å². The average molecular weight is 335 g/mol. The Hall–Kier alpha value is -2.12. The molecule has 1 amide bonds. The maximum absolute atomic E-state index is 11.9. The van der Waals surface area contributed by atoms with Gasteiger partial charge in [-0.25, -0.2) is 4.98 Å². The van der Waals surface area contributed by atoms with Crippen molar-refractivity contribution in [1.82, 2.24) is 15.2 Å². The smallest absolute Gasteiger partial charge is 0.270 e. The highest BCUT2D eigenvalue weighted by Gasteiger charge is 2.10. The Morgan fingerprint density at radius 2 is 1.96 bits per heavy atom. The van der Waals surface area contributed by atoms with Gasteiger partial charge in [-0.1, -0.05) is 0 Å². The van der Waals surface area contributed by atoms with Crippen LogP contribution in [0.1, 0.15) is 15.5 Å². The number of carbonyl (C=O) groups is 1. The van der Waals surface area contributed by atoms with Crippen LogP contribution in [0.3, 0.4) is 0 Å². The number of amides is 1. The van der Waals surface area contributed by atoms with Crippen LogP contribution in [-0.4, -0.2) is 50.1 Å². The number of thiazole rings is 1. The van der Waals surface area contributed by atoms with E-state index in [0.717, 1.165) is 23.1 Å². The Bertz CT molecular complexity index is 626. The summed E-state index contributed by atoms with van der Waals surface area (Å²) >= 11 is 1.41. The van der Waals surface area contributed by atoms with Crippen molar-refractivity contribution in [3.8, 4) is 11.5 Å². The van der Waals surface area contributed by atoms with Gasteiger partial charge in [0.2, 0.25) is 0 Å². The fourth-order valence-electron chi connectivity index (χ4n) is 1.78. The molecule has 7 heteroatoms. The second-order valence-electron chi connectivity index (χ2n) is 5.15. The minimum atomic E-state index is -0.154. The first kappa shape index (κ1) is 17.2. The van der Waals surface area contributed by atoms with Gasteiger partial charge in [0, 0.05) is 18.5 Å². The maximum Gasteiger partial charge on any atom is 0.270 e. The number of hydrogen-bond acceptors (Lipinski definition) is 6. The van der Waals surface area contributed by atoms with Crippen molar-refractivity contribution in [2.24, 2.45) is 0 Å². The molecule has 0 spiro atoms. The van der Waals surface area contributed by atoms with E-state index in [1.54, 1.807) is 12.5 Å². The third-order valence-electron chi connectivity index (χ3n) is 3.05. The first-order valence-corrected chi connectivity index (χ1v) is 8.10. The number of aromatic nitrogens is 1. The summed E-state index contributed by atoms with van der Waals surface area (Å²) in [5, 5.41) is 5.35. The molecule has 0 radical (unpaired) electrons. The summed E-state index contributed by atoms with van der Waals surface area (Å²) in [6.45, 7) is 1.73. The van der Waals surface area contributed by atoms with Crippen molar-refractivity contribution in [2.45, 2.75) is 6.61 Å². The number of hydrogen-bond donors (Lipinski definition) is 1. The van der Waals surface area contributed by atoms with Crippen molar-refractivity contribution in [2.75, 3.05) is 34.3 Å². The number of benzene rings is 1. The van der Waals surface area contributed by atoms with Crippen LogP contribution in [0.2, 0.25) is 0 Å². The molecule has 23 heavy (non-hydrogen) atoms. The standard InChI is InChI=1S/C16H21N3O3S/c1-19(2)9-8-17-16(20)14-11-23-15(18-14)10-22-13-6-4-12(21-3)5-7-13/h4-7,11H,8-10H2,1-3H3,(H,17,20). The molecule has 0 saturated heterocycles. The van der Waals surface area contributed by atoms with Crippen LogP contribution in [0.5, 0.6) is 11.5 Å². The van der Waals surface area contributed by atoms with Gasteiger partial charge in [0.25, 0.3) is 5.91 Å². The fourth-order valence-corrected chi connectivity index (χ4v) is 2.47. The monoisotopic (exact) mass is 335 g/mol. The molecule has 0 fully saturated rings. The summed E-state index contributed by atoms with van der Waals surface area (Å²) < 4.78 is 10.7. The highest BCUT2D eigenvalue weighted by atomic mass is 32.1. The van der Waals surface area contributed by atoms with Gasteiger partial charge in [-0.05, 0) is 38.4 Å². The molecule has 1 aromatic carbocycles. The first-order valence-electron chi connectivity index (χ1n) is 7.22. The molecule has 2 rings (SSSR count). The lowest BCUT2D eigenvalue weighted by atomic mass is 10.3. The first-order chi connectivity index (χ1) is 11.1. The lowest BCUT2D eigenvalue weighted by Gasteiger charge is -2.09. The van der Waals surface area contributed by atoms with Crippen LogP contribution in [0.25, 0.3) is 0 Å². The summed E-state index contributed by atoms with van der Waals surface area (Å²) in [7, 11) is 5.55. The number of carbonyl (C=O) groups excluding carboxylic acids is 1. The molecule has 1 heterocycles. The molecular formula is C16H21N3O3S. The number of ether oxygens (including phenoxy) is 2. The zero-order valence-corrected chi connectivity index (χ0v) is 14.4. The third-order valence-corrected chi connectivity index (χ3v) is 3.87. The van der Waals surface area contributed by atoms with Crippen molar-refractivity contribution in [1.29, 1.82) is 0 Å². The van der Waals surface area contributed by atoms with Crippen LogP contribution >= 0.6 is 11.3 Å². The molecule has 0 saturated carbocycles. The zero-order valence-electron chi connectivity index (χ0n) is 13.5. The van der Waals surface area contributed by atoms with E-state index >= 15 is 0 Å². The van der Waals surface area contributed by atoms with Gasteiger partial charge >= 0.3 is 0 Å². The van der Waals surface area contributed by atoms with Gasteiger partial charge in [0.1, 0.15) is 28.8 Å². The van der Waals surface area contributed by atoms with E-state index in [1.807, 2.05) is 43.3 Å². The van der Waals surface area contributed by atoms with Crippen molar-refractivity contribution >= 4 is 17.2 Å². The van der Waals surface area contributed by atoms with Crippen LogP contribution in [0.15, 0.2) is 29.6 Å². The number of likely N-dealkylation sites (N-methyl/N-ethyl adjacent to an activating group) is 1. The van der Waals surface area contributed by atoms with Crippen molar-refractivity contribution in [3.63, 3.8) is 0 Å². The number of nitrogens with zero attached hydrogens (tertiary/aromatic N) is 2. The number of nitrogens with one attached hydrogen (secondary N) is 1. The Labute approximate surface area is 140 Å².